The zero-order valence-corrected chi connectivity index (χ0v) is 11.0. The molecular weight excluding hydrogens is 184 g/mol. The summed E-state index contributed by atoms with van der Waals surface area (Å²) in [6.07, 6.45) is 8.47. The third kappa shape index (κ3) is 4.52. The average molecular weight is 212 g/mol. The maximum Gasteiger partial charge on any atom is 0.0271 e. The van der Waals surface area contributed by atoms with Gasteiger partial charge >= 0.3 is 0 Å². The summed E-state index contributed by atoms with van der Waals surface area (Å²) in [5, 5.41) is 3.74. The molecule has 2 nitrogen and oxygen atoms in total. The normalized spacial score (nSPS) is 20.6. The van der Waals surface area contributed by atoms with Gasteiger partial charge in [0.15, 0.2) is 0 Å². The monoisotopic (exact) mass is 212 g/mol. The second-order valence-corrected chi connectivity index (χ2v) is 5.78. The summed E-state index contributed by atoms with van der Waals surface area (Å²) in [7, 11) is 4.32. The van der Waals surface area contributed by atoms with E-state index < -0.39 is 0 Å². The van der Waals surface area contributed by atoms with Crippen LogP contribution in [0.15, 0.2) is 0 Å². The van der Waals surface area contributed by atoms with Gasteiger partial charge in [0, 0.05) is 18.1 Å². The number of rotatable bonds is 4. The smallest absolute Gasteiger partial charge is 0.0271 e. The van der Waals surface area contributed by atoms with Crippen LogP contribution in [0.25, 0.3) is 0 Å². The fourth-order valence-corrected chi connectivity index (χ4v) is 2.04. The van der Waals surface area contributed by atoms with Crippen LogP contribution in [0.3, 0.4) is 0 Å². The molecule has 0 aliphatic heterocycles. The van der Waals surface area contributed by atoms with Crippen LogP contribution < -0.4 is 5.32 Å². The molecule has 90 valence electrons. The molecular formula is C13H28N2. The standard InChI is InChI=1S/C13H28N2/c1-13(2,15(3)4)11-14-12-9-7-5-6-8-10-12/h12,14H,5-11H2,1-4H3. The minimum atomic E-state index is 0.270. The van der Waals surface area contributed by atoms with Crippen molar-refractivity contribution in [1.29, 1.82) is 0 Å². The van der Waals surface area contributed by atoms with Crippen molar-refractivity contribution in [3.8, 4) is 0 Å². The molecule has 1 saturated carbocycles. The minimum absolute atomic E-state index is 0.270. The van der Waals surface area contributed by atoms with Crippen LogP contribution in [0, 0.1) is 0 Å². The van der Waals surface area contributed by atoms with Gasteiger partial charge in [-0.1, -0.05) is 25.7 Å². The summed E-state index contributed by atoms with van der Waals surface area (Å²) in [5.41, 5.74) is 0.270. The van der Waals surface area contributed by atoms with Gasteiger partial charge in [0.1, 0.15) is 0 Å². The second-order valence-electron chi connectivity index (χ2n) is 5.78. The quantitative estimate of drug-likeness (QED) is 0.721. The Bertz CT molecular complexity index is 167. The third-order valence-electron chi connectivity index (χ3n) is 3.89. The topological polar surface area (TPSA) is 15.3 Å². The highest BCUT2D eigenvalue weighted by atomic mass is 15.2. The fourth-order valence-electron chi connectivity index (χ4n) is 2.04. The van der Waals surface area contributed by atoms with E-state index in [1.165, 1.54) is 38.5 Å². The number of hydrogen-bond donors (Lipinski definition) is 1. The van der Waals surface area contributed by atoms with E-state index in [1.54, 1.807) is 0 Å². The van der Waals surface area contributed by atoms with Gasteiger partial charge in [-0.15, -0.1) is 0 Å². The molecule has 1 N–H and O–H groups in total. The van der Waals surface area contributed by atoms with Crippen molar-refractivity contribution < 1.29 is 0 Å². The van der Waals surface area contributed by atoms with Gasteiger partial charge in [0.05, 0.1) is 0 Å². The van der Waals surface area contributed by atoms with E-state index in [-0.39, 0.29) is 5.54 Å². The molecule has 0 spiro atoms. The van der Waals surface area contributed by atoms with Crippen LogP contribution in [0.5, 0.6) is 0 Å². The summed E-state index contributed by atoms with van der Waals surface area (Å²) in [6.45, 7) is 5.71. The number of hydrogen-bond acceptors (Lipinski definition) is 2. The molecule has 1 aliphatic rings. The molecule has 0 aromatic rings. The van der Waals surface area contributed by atoms with Crippen molar-refractivity contribution in [2.24, 2.45) is 0 Å². The first-order valence-corrected chi connectivity index (χ1v) is 6.43. The number of nitrogens with zero attached hydrogens (tertiary/aromatic N) is 1. The molecule has 0 unspecified atom stereocenters. The van der Waals surface area contributed by atoms with Crippen LogP contribution in [0.1, 0.15) is 52.4 Å². The van der Waals surface area contributed by atoms with E-state index in [9.17, 15) is 0 Å². The molecule has 0 amide bonds. The van der Waals surface area contributed by atoms with Gasteiger partial charge in [-0.05, 0) is 40.8 Å². The summed E-state index contributed by atoms with van der Waals surface area (Å²) in [6, 6.07) is 0.770. The van der Waals surface area contributed by atoms with Gasteiger partial charge in [0.2, 0.25) is 0 Å². The molecule has 0 radical (unpaired) electrons. The van der Waals surface area contributed by atoms with E-state index in [1.807, 2.05) is 0 Å². The highest BCUT2D eigenvalue weighted by Crippen LogP contribution is 2.18. The van der Waals surface area contributed by atoms with Gasteiger partial charge in [0.25, 0.3) is 0 Å². The number of nitrogens with one attached hydrogen (secondary N) is 1. The zero-order valence-electron chi connectivity index (χ0n) is 11.0. The predicted octanol–water partition coefficient (Wildman–Crippen LogP) is 2.64. The molecule has 15 heavy (non-hydrogen) atoms. The highest BCUT2D eigenvalue weighted by molar-refractivity contribution is 4.82. The summed E-state index contributed by atoms with van der Waals surface area (Å²) < 4.78 is 0. The van der Waals surface area contributed by atoms with E-state index in [2.05, 4.69) is 38.2 Å². The van der Waals surface area contributed by atoms with Gasteiger partial charge < -0.3 is 10.2 Å². The first-order chi connectivity index (χ1) is 7.02. The lowest BCUT2D eigenvalue weighted by Gasteiger charge is -2.34. The summed E-state index contributed by atoms with van der Waals surface area (Å²) in [5.74, 6) is 0. The van der Waals surface area contributed by atoms with Crippen molar-refractivity contribution in [2.75, 3.05) is 20.6 Å². The molecule has 1 aliphatic carbocycles. The lowest BCUT2D eigenvalue weighted by atomic mass is 10.0. The minimum Gasteiger partial charge on any atom is -0.312 e. The van der Waals surface area contributed by atoms with E-state index >= 15 is 0 Å². The molecule has 0 heterocycles. The van der Waals surface area contributed by atoms with Crippen molar-refractivity contribution in [3.05, 3.63) is 0 Å². The van der Waals surface area contributed by atoms with Crippen LogP contribution in [0.4, 0.5) is 0 Å². The Balaban J connectivity index is 2.28. The molecule has 2 heteroatoms. The van der Waals surface area contributed by atoms with Crippen LogP contribution in [0.2, 0.25) is 0 Å². The second kappa shape index (κ2) is 5.86. The molecule has 0 atom stereocenters. The Morgan fingerprint density at radius 1 is 1.07 bits per heavy atom. The fraction of sp³-hybridized carbons (Fsp3) is 1.00. The molecule has 0 bridgehead atoms. The predicted molar refractivity (Wildman–Crippen MR) is 67.3 cm³/mol. The first-order valence-electron chi connectivity index (χ1n) is 6.43. The third-order valence-corrected chi connectivity index (χ3v) is 3.89. The van der Waals surface area contributed by atoms with Crippen LogP contribution >= 0.6 is 0 Å². The van der Waals surface area contributed by atoms with E-state index in [0.717, 1.165) is 12.6 Å². The molecule has 0 aromatic heterocycles. The first kappa shape index (κ1) is 13.0. The zero-order chi connectivity index (χ0) is 11.3. The van der Waals surface area contributed by atoms with Gasteiger partial charge in [-0.25, -0.2) is 0 Å². The van der Waals surface area contributed by atoms with Crippen LogP contribution in [-0.4, -0.2) is 37.1 Å². The SMILES string of the molecule is CN(C)C(C)(C)CNC1CCCCCC1. The Morgan fingerprint density at radius 2 is 1.60 bits per heavy atom. The molecule has 0 saturated heterocycles. The van der Waals surface area contributed by atoms with Crippen molar-refractivity contribution >= 4 is 0 Å². The van der Waals surface area contributed by atoms with Gasteiger partial charge in [-0.3, -0.25) is 0 Å². The lowest BCUT2D eigenvalue weighted by Crippen LogP contribution is -2.49. The summed E-state index contributed by atoms with van der Waals surface area (Å²) in [4.78, 5) is 2.30. The molecule has 1 rings (SSSR count). The largest absolute Gasteiger partial charge is 0.312 e. The Hall–Kier alpha value is -0.0800. The van der Waals surface area contributed by atoms with Crippen LogP contribution in [-0.2, 0) is 0 Å². The maximum atomic E-state index is 3.74. The van der Waals surface area contributed by atoms with Crippen molar-refractivity contribution in [1.82, 2.24) is 10.2 Å². The van der Waals surface area contributed by atoms with Crippen molar-refractivity contribution in [2.45, 2.75) is 64.0 Å². The Morgan fingerprint density at radius 3 is 2.07 bits per heavy atom. The lowest BCUT2D eigenvalue weighted by molar-refractivity contribution is 0.182. The molecule has 0 aromatic carbocycles. The Kier molecular flexibility index (Phi) is 5.07. The van der Waals surface area contributed by atoms with E-state index in [4.69, 9.17) is 0 Å². The average Bonchev–Trinajstić information content (AvgIpc) is 2.42. The summed E-state index contributed by atoms with van der Waals surface area (Å²) >= 11 is 0. The highest BCUT2D eigenvalue weighted by Gasteiger charge is 2.21. The van der Waals surface area contributed by atoms with E-state index in [0.29, 0.717) is 0 Å². The van der Waals surface area contributed by atoms with Gasteiger partial charge in [-0.2, -0.15) is 0 Å². The van der Waals surface area contributed by atoms with Crippen molar-refractivity contribution in [3.63, 3.8) is 0 Å². The Labute approximate surface area is 95.4 Å². The maximum absolute atomic E-state index is 3.74. The molecule has 1 fully saturated rings. The number of likely N-dealkylation sites (N-methyl/N-ethyl adjacent to an activating group) is 1.